The van der Waals surface area contributed by atoms with Crippen molar-refractivity contribution in [3.05, 3.63) is 53.4 Å². The summed E-state index contributed by atoms with van der Waals surface area (Å²) in [5.74, 6) is 0. The number of nitrogens with zero attached hydrogens (tertiary/aromatic N) is 1. The zero-order valence-electron chi connectivity index (χ0n) is 9.31. The molecule has 1 aromatic carbocycles. The van der Waals surface area contributed by atoms with Gasteiger partial charge < -0.3 is 4.98 Å². The molecule has 0 saturated heterocycles. The Kier molecular flexibility index (Phi) is 3.50. The van der Waals surface area contributed by atoms with E-state index in [1.807, 2.05) is 17.5 Å². The maximum absolute atomic E-state index is 12.5. The molecule has 0 unspecified atom stereocenters. The highest BCUT2D eigenvalue weighted by molar-refractivity contribution is 14.1. The van der Waals surface area contributed by atoms with E-state index in [0.29, 0.717) is 20.2 Å². The number of benzene rings is 1. The molecule has 3 aromatic rings. The van der Waals surface area contributed by atoms with Crippen LogP contribution in [0.1, 0.15) is 0 Å². The third kappa shape index (κ3) is 2.26. The van der Waals surface area contributed by atoms with Crippen LogP contribution >= 0.6 is 57.7 Å². The van der Waals surface area contributed by atoms with Crippen molar-refractivity contribution < 1.29 is 0 Å². The van der Waals surface area contributed by atoms with Crippen molar-refractivity contribution in [2.75, 3.05) is 0 Å². The van der Waals surface area contributed by atoms with Crippen LogP contribution in [-0.4, -0.2) is 9.55 Å². The summed E-state index contributed by atoms with van der Waals surface area (Å²) in [7, 11) is 0. The first-order chi connectivity index (χ1) is 9.08. The van der Waals surface area contributed by atoms with Crippen molar-refractivity contribution in [3.63, 3.8) is 0 Å². The molecule has 0 atom stereocenters. The van der Waals surface area contributed by atoms with Crippen LogP contribution in [0.3, 0.4) is 0 Å². The number of aromatic amines is 1. The van der Waals surface area contributed by atoms with E-state index in [4.69, 9.17) is 23.8 Å². The van der Waals surface area contributed by atoms with Crippen LogP contribution in [0.5, 0.6) is 0 Å². The van der Waals surface area contributed by atoms with E-state index in [1.54, 1.807) is 12.1 Å². The number of thiophene rings is 1. The summed E-state index contributed by atoms with van der Waals surface area (Å²) in [6.07, 6.45) is 0. The molecule has 19 heavy (non-hydrogen) atoms. The summed E-state index contributed by atoms with van der Waals surface area (Å²) in [5.41, 5.74) is 1.22. The second kappa shape index (κ2) is 5.01. The van der Waals surface area contributed by atoms with Crippen LogP contribution in [-0.2, 0) is 0 Å². The van der Waals surface area contributed by atoms with E-state index in [1.165, 1.54) is 15.9 Å². The van der Waals surface area contributed by atoms with Gasteiger partial charge in [0.2, 0.25) is 0 Å². The Morgan fingerprint density at radius 1 is 1.37 bits per heavy atom. The maximum atomic E-state index is 12.5. The highest BCUT2D eigenvalue weighted by Gasteiger charge is 2.11. The van der Waals surface area contributed by atoms with Gasteiger partial charge in [-0.1, -0.05) is 11.6 Å². The van der Waals surface area contributed by atoms with Gasteiger partial charge >= 0.3 is 0 Å². The summed E-state index contributed by atoms with van der Waals surface area (Å²) >= 11 is 15.0. The number of aromatic nitrogens is 2. The smallest absolute Gasteiger partial charge is 0.276 e. The van der Waals surface area contributed by atoms with Crippen LogP contribution in [0.15, 0.2) is 34.4 Å². The van der Waals surface area contributed by atoms with Gasteiger partial charge in [0.1, 0.15) is 4.70 Å². The Hall–Kier alpha value is -0.700. The quantitative estimate of drug-likeness (QED) is 0.469. The van der Waals surface area contributed by atoms with Gasteiger partial charge in [-0.3, -0.25) is 9.36 Å². The van der Waals surface area contributed by atoms with Gasteiger partial charge in [-0.25, -0.2) is 0 Å². The molecule has 3 rings (SSSR count). The molecule has 2 heterocycles. The number of fused-ring (bicyclic) bond motifs is 1. The molecule has 0 radical (unpaired) electrons. The fourth-order valence-electron chi connectivity index (χ4n) is 1.82. The SMILES string of the molecule is O=c1c2sccc2[nH]c(=S)n1-c1ccc(I)cc1Cl. The zero-order valence-corrected chi connectivity index (χ0v) is 13.9. The highest BCUT2D eigenvalue weighted by atomic mass is 127. The zero-order chi connectivity index (χ0) is 13.6. The highest BCUT2D eigenvalue weighted by Crippen LogP contribution is 2.23. The molecule has 0 aliphatic carbocycles. The fraction of sp³-hybridized carbons (Fsp3) is 0. The fourth-order valence-corrected chi connectivity index (χ4v) is 3.83. The molecule has 7 heteroatoms. The lowest BCUT2D eigenvalue weighted by atomic mass is 10.3. The van der Waals surface area contributed by atoms with Gasteiger partial charge in [0.25, 0.3) is 5.56 Å². The van der Waals surface area contributed by atoms with Crippen molar-refractivity contribution >= 4 is 68.0 Å². The average molecular weight is 421 g/mol. The second-order valence-electron chi connectivity index (χ2n) is 3.83. The lowest BCUT2D eigenvalue weighted by Gasteiger charge is -2.08. The third-order valence-corrected chi connectivity index (χ3v) is 4.82. The predicted molar refractivity (Wildman–Crippen MR) is 90.3 cm³/mol. The Morgan fingerprint density at radius 2 is 2.16 bits per heavy atom. The topological polar surface area (TPSA) is 37.8 Å². The molecular weight excluding hydrogens is 415 g/mol. The molecular formula is C12H6ClIN2OS2. The predicted octanol–water partition coefficient (Wildman–Crippen LogP) is 4.37. The first-order valence-electron chi connectivity index (χ1n) is 5.26. The summed E-state index contributed by atoms with van der Waals surface area (Å²) in [6.45, 7) is 0. The molecule has 0 aliphatic rings. The first kappa shape index (κ1) is 13.3. The van der Waals surface area contributed by atoms with Crippen molar-refractivity contribution in [2.24, 2.45) is 0 Å². The summed E-state index contributed by atoms with van der Waals surface area (Å²) in [5, 5.41) is 2.36. The summed E-state index contributed by atoms with van der Waals surface area (Å²) in [6, 6.07) is 7.34. The standard InChI is InChI=1S/C12H6ClIN2OS2/c13-7-5-6(14)1-2-9(7)16-11(17)10-8(3-4-19-10)15-12(16)18/h1-5H,(H,15,18). The van der Waals surface area contributed by atoms with Crippen LogP contribution in [0, 0.1) is 8.34 Å². The number of halogens is 2. The van der Waals surface area contributed by atoms with Crippen molar-refractivity contribution in [2.45, 2.75) is 0 Å². The summed E-state index contributed by atoms with van der Waals surface area (Å²) in [4.78, 5) is 15.5. The van der Waals surface area contributed by atoms with Crippen LogP contribution in [0.4, 0.5) is 0 Å². The van der Waals surface area contributed by atoms with Gasteiger partial charge in [-0.15, -0.1) is 11.3 Å². The maximum Gasteiger partial charge on any atom is 0.276 e. The van der Waals surface area contributed by atoms with E-state index in [-0.39, 0.29) is 5.56 Å². The van der Waals surface area contributed by atoms with Gasteiger partial charge in [-0.2, -0.15) is 0 Å². The molecule has 0 saturated carbocycles. The first-order valence-corrected chi connectivity index (χ1v) is 8.00. The lowest BCUT2D eigenvalue weighted by Crippen LogP contribution is -2.19. The van der Waals surface area contributed by atoms with Crippen molar-refractivity contribution in [1.82, 2.24) is 9.55 Å². The largest absolute Gasteiger partial charge is 0.331 e. The van der Waals surface area contributed by atoms with Crippen molar-refractivity contribution in [3.8, 4) is 5.69 Å². The minimum absolute atomic E-state index is 0.142. The molecule has 2 aromatic heterocycles. The van der Waals surface area contributed by atoms with Gasteiger partial charge in [0.05, 0.1) is 16.2 Å². The molecule has 0 fully saturated rings. The molecule has 0 aliphatic heterocycles. The van der Waals surface area contributed by atoms with Gasteiger partial charge in [0, 0.05) is 3.57 Å². The average Bonchev–Trinajstić information content (AvgIpc) is 2.80. The van der Waals surface area contributed by atoms with E-state index in [2.05, 4.69) is 27.6 Å². The Labute approximate surface area is 136 Å². The minimum Gasteiger partial charge on any atom is -0.331 e. The number of hydrogen-bond acceptors (Lipinski definition) is 3. The van der Waals surface area contributed by atoms with E-state index >= 15 is 0 Å². The second-order valence-corrected chi connectivity index (χ2v) is 6.79. The Bertz CT molecular complexity index is 897. The molecule has 0 bridgehead atoms. The number of rotatable bonds is 1. The van der Waals surface area contributed by atoms with Crippen LogP contribution in [0.25, 0.3) is 15.9 Å². The monoisotopic (exact) mass is 420 g/mol. The Balaban J connectivity index is 2.42. The molecule has 3 nitrogen and oxygen atoms in total. The summed E-state index contributed by atoms with van der Waals surface area (Å²) < 4.78 is 3.43. The third-order valence-electron chi connectivity index (χ3n) is 2.66. The van der Waals surface area contributed by atoms with Gasteiger partial charge in [-0.05, 0) is 64.5 Å². The normalized spacial score (nSPS) is 11.1. The number of nitrogens with one attached hydrogen (secondary N) is 1. The molecule has 96 valence electrons. The molecule has 0 amide bonds. The molecule has 1 N–H and O–H groups in total. The van der Waals surface area contributed by atoms with Gasteiger partial charge in [0.15, 0.2) is 4.77 Å². The minimum atomic E-state index is -0.142. The van der Waals surface area contributed by atoms with E-state index < -0.39 is 0 Å². The van der Waals surface area contributed by atoms with E-state index in [9.17, 15) is 4.79 Å². The lowest BCUT2D eigenvalue weighted by molar-refractivity contribution is 0.943. The van der Waals surface area contributed by atoms with E-state index in [0.717, 1.165) is 9.09 Å². The molecule has 0 spiro atoms. The van der Waals surface area contributed by atoms with Crippen LogP contribution < -0.4 is 5.56 Å². The van der Waals surface area contributed by atoms with Crippen molar-refractivity contribution in [1.29, 1.82) is 0 Å². The van der Waals surface area contributed by atoms with Crippen LogP contribution in [0.2, 0.25) is 5.02 Å². The number of hydrogen-bond donors (Lipinski definition) is 1. The Morgan fingerprint density at radius 3 is 2.89 bits per heavy atom. The number of H-pyrrole nitrogens is 1.